The lowest BCUT2D eigenvalue weighted by Gasteiger charge is -2.39. The van der Waals surface area contributed by atoms with E-state index in [0.717, 1.165) is 17.5 Å². The van der Waals surface area contributed by atoms with Crippen molar-refractivity contribution in [3.05, 3.63) is 77.1 Å². The quantitative estimate of drug-likeness (QED) is 0.664. The van der Waals surface area contributed by atoms with Crippen molar-refractivity contribution >= 4 is 23.5 Å². The standard InChI is InChI=1S/C21H21ClN4O/c1-14(2)20(27)25-18(16-8-10-17(22)11-9-16)12-19(15-6-4-3-5-7-15)26-21(25)23-13-24-26/h3-11,13-14,18-19H,12H2,1-2H3/t18-,19-/m0/s1. The van der Waals surface area contributed by atoms with E-state index in [1.165, 1.54) is 6.33 Å². The van der Waals surface area contributed by atoms with Crippen molar-refractivity contribution in [3.63, 3.8) is 0 Å². The minimum Gasteiger partial charge on any atom is -0.274 e. The second-order valence-corrected chi connectivity index (χ2v) is 7.53. The van der Waals surface area contributed by atoms with Gasteiger partial charge in [0.2, 0.25) is 11.9 Å². The van der Waals surface area contributed by atoms with Gasteiger partial charge >= 0.3 is 0 Å². The smallest absolute Gasteiger partial charge is 0.232 e. The third kappa shape index (κ3) is 3.23. The Hall–Kier alpha value is -2.66. The minimum atomic E-state index is -0.141. The lowest BCUT2D eigenvalue weighted by atomic mass is 9.91. The second-order valence-electron chi connectivity index (χ2n) is 7.10. The van der Waals surface area contributed by atoms with E-state index in [2.05, 4.69) is 22.2 Å². The number of aromatic nitrogens is 3. The molecule has 3 aromatic rings. The highest BCUT2D eigenvalue weighted by molar-refractivity contribution is 6.30. The van der Waals surface area contributed by atoms with Crippen LogP contribution in [0.2, 0.25) is 5.02 Å². The van der Waals surface area contributed by atoms with Gasteiger partial charge in [0.25, 0.3) is 0 Å². The van der Waals surface area contributed by atoms with E-state index in [-0.39, 0.29) is 23.9 Å². The Balaban J connectivity index is 1.85. The van der Waals surface area contributed by atoms with E-state index in [1.807, 2.05) is 61.0 Å². The molecule has 0 bridgehead atoms. The molecular formula is C21H21ClN4O. The van der Waals surface area contributed by atoms with E-state index >= 15 is 0 Å². The zero-order valence-electron chi connectivity index (χ0n) is 15.3. The van der Waals surface area contributed by atoms with Gasteiger partial charge in [-0.15, -0.1) is 0 Å². The molecule has 0 saturated heterocycles. The van der Waals surface area contributed by atoms with Gasteiger partial charge in [0.15, 0.2) is 0 Å². The third-order valence-electron chi connectivity index (χ3n) is 4.99. The van der Waals surface area contributed by atoms with Crippen LogP contribution in [0.3, 0.4) is 0 Å². The zero-order chi connectivity index (χ0) is 19.0. The molecule has 1 aliphatic rings. The molecule has 1 amide bonds. The van der Waals surface area contributed by atoms with Gasteiger partial charge in [-0.05, 0) is 29.7 Å². The predicted molar refractivity (Wildman–Crippen MR) is 106 cm³/mol. The summed E-state index contributed by atoms with van der Waals surface area (Å²) in [6.07, 6.45) is 2.25. The monoisotopic (exact) mass is 380 g/mol. The first-order valence-electron chi connectivity index (χ1n) is 9.09. The van der Waals surface area contributed by atoms with Gasteiger partial charge in [-0.3, -0.25) is 9.69 Å². The molecule has 0 unspecified atom stereocenters. The fraction of sp³-hybridized carbons (Fsp3) is 0.286. The molecule has 0 radical (unpaired) electrons. The van der Waals surface area contributed by atoms with Crippen LogP contribution in [0.4, 0.5) is 5.95 Å². The normalized spacial score (nSPS) is 19.2. The molecule has 1 aromatic heterocycles. The highest BCUT2D eigenvalue weighted by Crippen LogP contribution is 2.42. The van der Waals surface area contributed by atoms with Gasteiger partial charge < -0.3 is 0 Å². The van der Waals surface area contributed by atoms with Crippen LogP contribution >= 0.6 is 11.6 Å². The van der Waals surface area contributed by atoms with Crippen LogP contribution < -0.4 is 4.90 Å². The Morgan fingerprint density at radius 2 is 1.70 bits per heavy atom. The summed E-state index contributed by atoms with van der Waals surface area (Å²) >= 11 is 6.08. The molecule has 5 nitrogen and oxygen atoms in total. The van der Waals surface area contributed by atoms with Crippen molar-refractivity contribution < 1.29 is 4.79 Å². The molecule has 27 heavy (non-hydrogen) atoms. The van der Waals surface area contributed by atoms with Crippen LogP contribution in [0.5, 0.6) is 0 Å². The maximum absolute atomic E-state index is 13.1. The van der Waals surface area contributed by atoms with Crippen molar-refractivity contribution in [2.24, 2.45) is 5.92 Å². The molecule has 2 aromatic carbocycles. The zero-order valence-corrected chi connectivity index (χ0v) is 16.0. The number of fused-ring (bicyclic) bond motifs is 1. The molecule has 138 valence electrons. The van der Waals surface area contributed by atoms with Crippen LogP contribution in [0.25, 0.3) is 0 Å². The summed E-state index contributed by atoms with van der Waals surface area (Å²) in [6.45, 7) is 3.82. The summed E-state index contributed by atoms with van der Waals surface area (Å²) in [7, 11) is 0. The summed E-state index contributed by atoms with van der Waals surface area (Å²) in [5.74, 6) is 0.489. The maximum Gasteiger partial charge on any atom is 0.232 e. The molecule has 0 N–H and O–H groups in total. The first-order chi connectivity index (χ1) is 13.1. The van der Waals surface area contributed by atoms with E-state index in [0.29, 0.717) is 11.0 Å². The van der Waals surface area contributed by atoms with E-state index in [1.54, 1.807) is 4.90 Å². The lowest BCUT2D eigenvalue weighted by molar-refractivity contribution is -0.122. The molecule has 6 heteroatoms. The number of carbonyl (C=O) groups excluding carboxylic acids is 1. The first-order valence-corrected chi connectivity index (χ1v) is 9.47. The fourth-order valence-electron chi connectivity index (χ4n) is 3.65. The highest BCUT2D eigenvalue weighted by Gasteiger charge is 2.39. The first kappa shape index (κ1) is 17.7. The summed E-state index contributed by atoms with van der Waals surface area (Å²) in [6, 6.07) is 17.8. The molecule has 0 fully saturated rings. The van der Waals surface area contributed by atoms with Crippen molar-refractivity contribution in [3.8, 4) is 0 Å². The number of halogens is 1. The lowest BCUT2D eigenvalue weighted by Crippen LogP contribution is -2.44. The maximum atomic E-state index is 13.1. The van der Waals surface area contributed by atoms with Crippen molar-refractivity contribution in [1.29, 1.82) is 0 Å². The average molecular weight is 381 g/mol. The van der Waals surface area contributed by atoms with E-state index < -0.39 is 0 Å². The Morgan fingerprint density at radius 1 is 1.04 bits per heavy atom. The van der Waals surface area contributed by atoms with Crippen LogP contribution in [0, 0.1) is 5.92 Å². The van der Waals surface area contributed by atoms with Crippen LogP contribution in [-0.4, -0.2) is 20.7 Å². The molecular weight excluding hydrogens is 360 g/mol. The summed E-state index contributed by atoms with van der Waals surface area (Å²) in [5.41, 5.74) is 2.20. The Morgan fingerprint density at radius 3 is 2.37 bits per heavy atom. The molecule has 1 aliphatic heterocycles. The molecule has 4 rings (SSSR count). The Labute approximate surface area is 163 Å². The van der Waals surface area contributed by atoms with E-state index in [4.69, 9.17) is 11.6 Å². The molecule has 2 atom stereocenters. The second kappa shape index (κ2) is 7.16. The molecule has 2 heterocycles. The molecule has 0 saturated carbocycles. The minimum absolute atomic E-state index is 0.0144. The number of hydrogen-bond donors (Lipinski definition) is 0. The van der Waals surface area contributed by atoms with Gasteiger partial charge in [-0.1, -0.05) is 67.9 Å². The van der Waals surface area contributed by atoms with Crippen molar-refractivity contribution in [2.75, 3.05) is 4.90 Å². The number of benzene rings is 2. The highest BCUT2D eigenvalue weighted by atomic mass is 35.5. The predicted octanol–water partition coefficient (Wildman–Crippen LogP) is 4.65. The average Bonchev–Trinajstić information content (AvgIpc) is 3.17. The number of anilines is 1. The largest absolute Gasteiger partial charge is 0.274 e. The fourth-order valence-corrected chi connectivity index (χ4v) is 3.77. The van der Waals surface area contributed by atoms with Crippen LogP contribution in [-0.2, 0) is 4.79 Å². The van der Waals surface area contributed by atoms with Gasteiger partial charge in [-0.2, -0.15) is 10.1 Å². The summed E-state index contributed by atoms with van der Waals surface area (Å²) < 4.78 is 1.86. The number of nitrogens with zero attached hydrogens (tertiary/aromatic N) is 4. The summed E-state index contributed by atoms with van der Waals surface area (Å²) in [4.78, 5) is 19.3. The number of carbonyl (C=O) groups is 1. The number of rotatable bonds is 3. The van der Waals surface area contributed by atoms with Gasteiger partial charge in [0.05, 0.1) is 12.1 Å². The number of amides is 1. The van der Waals surface area contributed by atoms with Crippen molar-refractivity contribution in [1.82, 2.24) is 14.8 Å². The van der Waals surface area contributed by atoms with Gasteiger partial charge in [-0.25, -0.2) is 4.68 Å². The molecule has 0 aliphatic carbocycles. The van der Waals surface area contributed by atoms with Gasteiger partial charge in [0, 0.05) is 10.9 Å². The SMILES string of the molecule is CC(C)C(=O)N1c2ncnn2[C@H](c2ccccc2)C[C@H]1c1ccc(Cl)cc1. The van der Waals surface area contributed by atoms with Crippen molar-refractivity contribution in [2.45, 2.75) is 32.4 Å². The Kier molecular flexibility index (Phi) is 4.70. The number of hydrogen-bond acceptors (Lipinski definition) is 3. The molecule has 0 spiro atoms. The Bertz CT molecular complexity index is 936. The topological polar surface area (TPSA) is 51.0 Å². The third-order valence-corrected chi connectivity index (χ3v) is 5.25. The van der Waals surface area contributed by atoms with Crippen LogP contribution in [0.15, 0.2) is 60.9 Å². The van der Waals surface area contributed by atoms with Crippen LogP contribution in [0.1, 0.15) is 43.5 Å². The van der Waals surface area contributed by atoms with E-state index in [9.17, 15) is 4.79 Å². The summed E-state index contributed by atoms with van der Waals surface area (Å²) in [5, 5.41) is 5.12. The van der Waals surface area contributed by atoms with Gasteiger partial charge in [0.1, 0.15) is 6.33 Å².